The number of nitrogens with zero attached hydrogens (tertiary/aromatic N) is 1. The standard InChI is InChI=1S/C11H17NO2S/c1-9(13)14-11(7-15-8-12)10-5-3-2-4-6-10/h10-11H,2-7H2,1H3. The molecule has 0 aliphatic heterocycles. The molecule has 0 aromatic heterocycles. The molecule has 0 aromatic carbocycles. The van der Waals surface area contributed by atoms with E-state index < -0.39 is 0 Å². The smallest absolute Gasteiger partial charge is 0.302 e. The Morgan fingerprint density at radius 1 is 1.53 bits per heavy atom. The zero-order valence-electron chi connectivity index (χ0n) is 9.07. The number of ether oxygens (including phenoxy) is 1. The van der Waals surface area contributed by atoms with Crippen molar-refractivity contribution in [2.24, 2.45) is 5.92 Å². The van der Waals surface area contributed by atoms with E-state index in [9.17, 15) is 4.79 Å². The minimum Gasteiger partial charge on any atom is -0.461 e. The first-order valence-corrected chi connectivity index (χ1v) is 6.40. The highest BCUT2D eigenvalue weighted by Gasteiger charge is 2.25. The van der Waals surface area contributed by atoms with Gasteiger partial charge in [0, 0.05) is 12.7 Å². The van der Waals surface area contributed by atoms with Gasteiger partial charge in [0.2, 0.25) is 0 Å². The molecular weight excluding hydrogens is 210 g/mol. The average molecular weight is 227 g/mol. The zero-order chi connectivity index (χ0) is 11.1. The van der Waals surface area contributed by atoms with Crippen LogP contribution in [-0.2, 0) is 9.53 Å². The van der Waals surface area contributed by atoms with E-state index in [4.69, 9.17) is 10.00 Å². The summed E-state index contributed by atoms with van der Waals surface area (Å²) in [4.78, 5) is 10.9. The summed E-state index contributed by atoms with van der Waals surface area (Å²) in [5.41, 5.74) is 0. The van der Waals surface area contributed by atoms with Gasteiger partial charge in [-0.25, -0.2) is 0 Å². The van der Waals surface area contributed by atoms with Gasteiger partial charge in [-0.3, -0.25) is 4.79 Å². The van der Waals surface area contributed by atoms with E-state index in [2.05, 4.69) is 0 Å². The minimum atomic E-state index is -0.232. The van der Waals surface area contributed by atoms with Gasteiger partial charge in [-0.2, -0.15) is 5.26 Å². The van der Waals surface area contributed by atoms with Crippen LogP contribution in [0.2, 0.25) is 0 Å². The molecule has 1 fully saturated rings. The van der Waals surface area contributed by atoms with E-state index in [1.54, 1.807) is 0 Å². The lowest BCUT2D eigenvalue weighted by molar-refractivity contribution is -0.148. The summed E-state index contributed by atoms with van der Waals surface area (Å²) in [5, 5.41) is 10.6. The third-order valence-corrected chi connectivity index (χ3v) is 3.43. The fourth-order valence-corrected chi connectivity index (χ4v) is 2.68. The molecule has 0 spiro atoms. The van der Waals surface area contributed by atoms with Crippen molar-refractivity contribution in [3.05, 3.63) is 0 Å². The molecule has 0 bridgehead atoms. The predicted octanol–water partition coefficient (Wildman–Crippen LogP) is 2.71. The van der Waals surface area contributed by atoms with E-state index in [0.29, 0.717) is 11.7 Å². The number of hydrogen-bond donors (Lipinski definition) is 0. The fraction of sp³-hybridized carbons (Fsp3) is 0.818. The number of thioether (sulfide) groups is 1. The van der Waals surface area contributed by atoms with Crippen molar-refractivity contribution in [2.75, 3.05) is 5.75 Å². The van der Waals surface area contributed by atoms with Crippen molar-refractivity contribution in [1.29, 1.82) is 5.26 Å². The maximum absolute atomic E-state index is 10.9. The van der Waals surface area contributed by atoms with Gasteiger partial charge in [-0.05, 0) is 30.5 Å². The Labute approximate surface area is 95.2 Å². The SMILES string of the molecule is CC(=O)OC(CSC#N)C1CCCCC1. The second kappa shape index (κ2) is 6.73. The van der Waals surface area contributed by atoms with Crippen LogP contribution in [0.15, 0.2) is 0 Å². The largest absolute Gasteiger partial charge is 0.461 e. The summed E-state index contributed by atoms with van der Waals surface area (Å²) in [6, 6.07) is 0. The third-order valence-electron chi connectivity index (χ3n) is 2.81. The van der Waals surface area contributed by atoms with Crippen molar-refractivity contribution in [2.45, 2.75) is 45.1 Å². The molecule has 4 heteroatoms. The van der Waals surface area contributed by atoms with Crippen LogP contribution in [0.5, 0.6) is 0 Å². The molecule has 3 nitrogen and oxygen atoms in total. The first kappa shape index (κ1) is 12.4. The van der Waals surface area contributed by atoms with E-state index >= 15 is 0 Å². The highest BCUT2D eigenvalue weighted by Crippen LogP contribution is 2.29. The molecule has 0 amide bonds. The number of carbonyl (C=O) groups excluding carboxylic acids is 1. The molecule has 1 aliphatic carbocycles. The van der Waals surface area contributed by atoms with Gasteiger partial charge < -0.3 is 4.74 Å². The van der Waals surface area contributed by atoms with Crippen LogP contribution in [0.3, 0.4) is 0 Å². The second-order valence-electron chi connectivity index (χ2n) is 3.95. The van der Waals surface area contributed by atoms with Crippen molar-refractivity contribution in [3.63, 3.8) is 0 Å². The Morgan fingerprint density at radius 2 is 2.20 bits per heavy atom. The van der Waals surface area contributed by atoms with Crippen LogP contribution in [0, 0.1) is 16.6 Å². The van der Waals surface area contributed by atoms with Crippen molar-refractivity contribution in [3.8, 4) is 5.40 Å². The lowest BCUT2D eigenvalue weighted by Gasteiger charge is -2.28. The number of hydrogen-bond acceptors (Lipinski definition) is 4. The van der Waals surface area contributed by atoms with E-state index in [0.717, 1.165) is 12.8 Å². The summed E-state index contributed by atoms with van der Waals surface area (Å²) in [6.07, 6.45) is 5.93. The monoisotopic (exact) mass is 227 g/mol. The van der Waals surface area contributed by atoms with Gasteiger partial charge in [-0.1, -0.05) is 19.3 Å². The highest BCUT2D eigenvalue weighted by atomic mass is 32.2. The average Bonchev–Trinajstić information content (AvgIpc) is 2.25. The number of nitriles is 1. The Bertz CT molecular complexity index is 243. The summed E-state index contributed by atoms with van der Waals surface area (Å²) in [7, 11) is 0. The normalized spacial score (nSPS) is 19.2. The maximum Gasteiger partial charge on any atom is 0.302 e. The summed E-state index contributed by atoms with van der Waals surface area (Å²) < 4.78 is 5.28. The third kappa shape index (κ3) is 4.57. The van der Waals surface area contributed by atoms with Gasteiger partial charge in [0.25, 0.3) is 0 Å². The fourth-order valence-electron chi connectivity index (χ4n) is 2.10. The van der Waals surface area contributed by atoms with Gasteiger partial charge in [0.1, 0.15) is 11.5 Å². The summed E-state index contributed by atoms with van der Waals surface area (Å²) >= 11 is 1.18. The van der Waals surface area contributed by atoms with E-state index in [1.807, 2.05) is 5.40 Å². The molecule has 15 heavy (non-hydrogen) atoms. The van der Waals surface area contributed by atoms with E-state index in [-0.39, 0.29) is 12.1 Å². The summed E-state index contributed by atoms with van der Waals surface area (Å²) in [6.45, 7) is 1.44. The molecule has 0 saturated heterocycles. The van der Waals surface area contributed by atoms with Gasteiger partial charge in [0.15, 0.2) is 0 Å². The number of rotatable bonds is 4. The van der Waals surface area contributed by atoms with Gasteiger partial charge >= 0.3 is 5.97 Å². The quantitative estimate of drug-likeness (QED) is 0.547. The Morgan fingerprint density at radius 3 is 2.73 bits per heavy atom. The van der Waals surface area contributed by atoms with Crippen molar-refractivity contribution < 1.29 is 9.53 Å². The van der Waals surface area contributed by atoms with E-state index in [1.165, 1.54) is 37.9 Å². The van der Waals surface area contributed by atoms with Gasteiger partial charge in [-0.15, -0.1) is 0 Å². The lowest BCUT2D eigenvalue weighted by Crippen LogP contribution is -2.30. The molecule has 1 aliphatic rings. The van der Waals surface area contributed by atoms with Gasteiger partial charge in [0.05, 0.1) is 0 Å². The van der Waals surface area contributed by atoms with Crippen molar-refractivity contribution in [1.82, 2.24) is 0 Å². The molecule has 1 atom stereocenters. The molecule has 1 unspecified atom stereocenters. The molecule has 0 heterocycles. The van der Waals surface area contributed by atoms with Crippen LogP contribution in [0.25, 0.3) is 0 Å². The number of esters is 1. The maximum atomic E-state index is 10.9. The lowest BCUT2D eigenvalue weighted by atomic mass is 9.86. The molecule has 0 N–H and O–H groups in total. The van der Waals surface area contributed by atoms with Crippen LogP contribution < -0.4 is 0 Å². The number of thiocyanates is 1. The first-order valence-electron chi connectivity index (χ1n) is 5.42. The molecule has 0 radical (unpaired) electrons. The predicted molar refractivity (Wildman–Crippen MR) is 60.2 cm³/mol. The van der Waals surface area contributed by atoms with Crippen LogP contribution in [-0.4, -0.2) is 17.8 Å². The Hall–Kier alpha value is -0.690. The van der Waals surface area contributed by atoms with Crippen LogP contribution >= 0.6 is 11.8 Å². The number of carbonyl (C=O) groups is 1. The molecular formula is C11H17NO2S. The molecule has 1 rings (SSSR count). The Kier molecular flexibility index (Phi) is 5.56. The second-order valence-corrected chi connectivity index (χ2v) is 4.75. The van der Waals surface area contributed by atoms with Crippen LogP contribution in [0.1, 0.15) is 39.0 Å². The van der Waals surface area contributed by atoms with Crippen molar-refractivity contribution >= 4 is 17.7 Å². The Balaban J connectivity index is 2.45. The topological polar surface area (TPSA) is 50.1 Å². The molecule has 1 saturated carbocycles. The molecule has 84 valence electrons. The minimum absolute atomic E-state index is 0.0625. The summed E-state index contributed by atoms with van der Waals surface area (Å²) in [5.74, 6) is 0.841. The molecule has 0 aromatic rings. The highest BCUT2D eigenvalue weighted by molar-refractivity contribution is 8.03. The zero-order valence-corrected chi connectivity index (χ0v) is 9.89. The van der Waals surface area contributed by atoms with Crippen LogP contribution in [0.4, 0.5) is 0 Å². The first-order chi connectivity index (χ1) is 7.24.